The van der Waals surface area contributed by atoms with Crippen LogP contribution in [0.1, 0.15) is 50.2 Å². The minimum atomic E-state index is -1.52. The Morgan fingerprint density at radius 1 is 1.02 bits per heavy atom. The van der Waals surface area contributed by atoms with Crippen molar-refractivity contribution in [3.05, 3.63) is 59.7 Å². The SMILES string of the molecule is CC(=O)NC1(C(=O)N2C[C@@H]3CCC[C@@H]3[C@H]2C(=O)N[C@@H](C[C@H]2CCNC2=O)C(=O)CO)c2ccccc2-c2ccccc21. The Hall–Kier alpha value is -4.05. The van der Waals surface area contributed by atoms with Gasteiger partial charge < -0.3 is 26.0 Å². The molecule has 3 fully saturated rings. The number of likely N-dealkylation sites (tertiary alicyclic amines) is 1. The van der Waals surface area contributed by atoms with E-state index in [1.807, 2.05) is 48.5 Å². The second kappa shape index (κ2) is 11.0. The molecule has 6 rings (SSSR count). The van der Waals surface area contributed by atoms with Gasteiger partial charge in [-0.15, -0.1) is 0 Å². The summed E-state index contributed by atoms with van der Waals surface area (Å²) in [6.07, 6.45) is 3.20. The summed E-state index contributed by atoms with van der Waals surface area (Å²) in [7, 11) is 0. The number of Topliss-reactive ketones (excluding diaryl/α,β-unsaturated/α-hetero) is 1. The molecule has 0 bridgehead atoms. The van der Waals surface area contributed by atoms with Gasteiger partial charge >= 0.3 is 0 Å². The molecule has 2 aliphatic heterocycles. The predicted molar refractivity (Wildman–Crippen MR) is 153 cm³/mol. The van der Waals surface area contributed by atoms with Crippen molar-refractivity contribution in [3.8, 4) is 11.1 Å². The van der Waals surface area contributed by atoms with Gasteiger partial charge in [-0.3, -0.25) is 24.0 Å². The number of benzene rings is 2. The number of carbonyl (C=O) groups is 5. The summed E-state index contributed by atoms with van der Waals surface area (Å²) >= 11 is 0. The Labute approximate surface area is 244 Å². The van der Waals surface area contributed by atoms with E-state index in [4.69, 9.17) is 0 Å². The largest absolute Gasteiger partial charge is 0.389 e. The minimum Gasteiger partial charge on any atom is -0.389 e. The number of rotatable bonds is 8. The molecular weight excluding hydrogens is 536 g/mol. The molecule has 4 amide bonds. The second-order valence-electron chi connectivity index (χ2n) is 12.0. The average Bonchev–Trinajstić information content (AvgIpc) is 3.75. The van der Waals surface area contributed by atoms with E-state index < -0.39 is 41.8 Å². The molecule has 1 saturated carbocycles. The Morgan fingerprint density at radius 2 is 1.69 bits per heavy atom. The molecule has 0 unspecified atom stereocenters. The smallest absolute Gasteiger partial charge is 0.258 e. The van der Waals surface area contributed by atoms with Crippen LogP contribution < -0.4 is 16.0 Å². The van der Waals surface area contributed by atoms with Gasteiger partial charge in [-0.05, 0) is 59.8 Å². The molecule has 2 saturated heterocycles. The molecular formula is C32H36N4O6. The van der Waals surface area contributed by atoms with Crippen LogP contribution in [-0.4, -0.2) is 71.2 Å². The van der Waals surface area contributed by atoms with Crippen molar-refractivity contribution in [2.75, 3.05) is 19.7 Å². The van der Waals surface area contributed by atoms with Crippen molar-refractivity contribution < 1.29 is 29.1 Å². The number of nitrogens with zero attached hydrogens (tertiary/aromatic N) is 1. The highest BCUT2D eigenvalue weighted by atomic mass is 16.3. The molecule has 0 spiro atoms. The van der Waals surface area contributed by atoms with Crippen LogP contribution in [0.4, 0.5) is 0 Å². The third kappa shape index (κ3) is 4.48. The summed E-state index contributed by atoms with van der Waals surface area (Å²) in [5.74, 6) is -2.42. The predicted octanol–water partition coefficient (Wildman–Crippen LogP) is 1.25. The number of hydrogen-bond acceptors (Lipinski definition) is 6. The summed E-state index contributed by atoms with van der Waals surface area (Å²) in [5.41, 5.74) is 1.49. The second-order valence-corrected chi connectivity index (χ2v) is 12.0. The number of aliphatic hydroxyl groups excluding tert-OH is 1. The molecule has 5 atom stereocenters. The Morgan fingerprint density at radius 3 is 2.29 bits per heavy atom. The van der Waals surface area contributed by atoms with Gasteiger partial charge in [-0.25, -0.2) is 0 Å². The van der Waals surface area contributed by atoms with Gasteiger partial charge in [-0.1, -0.05) is 55.0 Å². The Kier molecular flexibility index (Phi) is 7.34. The summed E-state index contributed by atoms with van der Waals surface area (Å²) in [6.45, 7) is 1.47. The first kappa shape index (κ1) is 28.1. The molecule has 10 nitrogen and oxygen atoms in total. The number of amides is 4. The zero-order valence-corrected chi connectivity index (χ0v) is 23.6. The number of nitrogens with one attached hydrogen (secondary N) is 3. The van der Waals surface area contributed by atoms with Gasteiger partial charge in [0.2, 0.25) is 17.7 Å². The minimum absolute atomic E-state index is 0.0856. The van der Waals surface area contributed by atoms with E-state index in [-0.39, 0.29) is 36.0 Å². The number of hydrogen-bond donors (Lipinski definition) is 4. The van der Waals surface area contributed by atoms with Crippen LogP contribution in [0.15, 0.2) is 48.5 Å². The molecule has 2 heterocycles. The lowest BCUT2D eigenvalue weighted by molar-refractivity contribution is -0.146. The summed E-state index contributed by atoms with van der Waals surface area (Å²) in [5, 5.41) is 18.2. The van der Waals surface area contributed by atoms with Crippen LogP contribution in [0.2, 0.25) is 0 Å². The van der Waals surface area contributed by atoms with Crippen LogP contribution in [-0.2, 0) is 29.5 Å². The number of carbonyl (C=O) groups excluding carboxylic acids is 5. The van der Waals surface area contributed by atoms with Crippen LogP contribution >= 0.6 is 0 Å². The van der Waals surface area contributed by atoms with Crippen molar-refractivity contribution in [2.24, 2.45) is 17.8 Å². The molecule has 2 aliphatic carbocycles. The van der Waals surface area contributed by atoms with Gasteiger partial charge in [0.15, 0.2) is 11.3 Å². The summed E-state index contributed by atoms with van der Waals surface area (Å²) in [4.78, 5) is 68.4. The Balaban J connectivity index is 1.38. The van der Waals surface area contributed by atoms with Gasteiger partial charge in [0.05, 0.1) is 6.04 Å². The van der Waals surface area contributed by atoms with E-state index in [2.05, 4.69) is 16.0 Å². The van der Waals surface area contributed by atoms with Gasteiger partial charge in [0.1, 0.15) is 12.6 Å². The van der Waals surface area contributed by atoms with Crippen molar-refractivity contribution in [1.82, 2.24) is 20.9 Å². The standard InChI is InChI=1S/C32H36N4O6/c1-18(38)35-32(24-11-4-2-8-22(24)23-9-3-5-12-25(23)32)31(42)36-16-20-7-6-10-21(20)28(36)30(41)34-26(27(39)17-37)15-19-13-14-33-29(19)40/h2-5,8-9,11-12,19-21,26,28,37H,6-7,10,13-17H2,1H3,(H,33,40)(H,34,41)(H,35,38)/t19-,20+,21+,26+,28+/m1/s1. The van der Waals surface area contributed by atoms with E-state index in [9.17, 15) is 29.1 Å². The van der Waals surface area contributed by atoms with E-state index in [0.717, 1.165) is 30.4 Å². The van der Waals surface area contributed by atoms with Crippen LogP contribution in [0, 0.1) is 17.8 Å². The fourth-order valence-corrected chi connectivity index (χ4v) is 7.78. The van der Waals surface area contributed by atoms with Gasteiger partial charge in [-0.2, -0.15) is 0 Å². The fraction of sp³-hybridized carbons (Fsp3) is 0.469. The molecule has 4 aliphatic rings. The first-order valence-corrected chi connectivity index (χ1v) is 14.8. The van der Waals surface area contributed by atoms with Crippen LogP contribution in [0.25, 0.3) is 11.1 Å². The summed E-state index contributed by atoms with van der Waals surface area (Å²) in [6, 6.07) is 13.1. The highest BCUT2D eigenvalue weighted by Gasteiger charge is 2.58. The molecule has 2 aromatic rings. The molecule has 0 aromatic heterocycles. The van der Waals surface area contributed by atoms with Crippen molar-refractivity contribution in [1.29, 1.82) is 0 Å². The molecule has 4 N–H and O–H groups in total. The van der Waals surface area contributed by atoms with Crippen molar-refractivity contribution in [2.45, 2.75) is 56.7 Å². The lowest BCUT2D eigenvalue weighted by atomic mass is 9.85. The normalized spacial score (nSPS) is 25.7. The third-order valence-corrected chi connectivity index (χ3v) is 9.60. The quantitative estimate of drug-likeness (QED) is 0.375. The Bertz CT molecular complexity index is 1410. The fourth-order valence-electron chi connectivity index (χ4n) is 7.78. The number of aliphatic hydroxyl groups is 1. The van der Waals surface area contributed by atoms with E-state index in [1.165, 1.54) is 6.92 Å². The van der Waals surface area contributed by atoms with Gasteiger partial charge in [0.25, 0.3) is 5.91 Å². The average molecular weight is 573 g/mol. The zero-order chi connectivity index (χ0) is 29.6. The van der Waals surface area contributed by atoms with E-state index >= 15 is 0 Å². The third-order valence-electron chi connectivity index (χ3n) is 9.60. The number of fused-ring (bicyclic) bond motifs is 4. The lowest BCUT2D eigenvalue weighted by Gasteiger charge is -2.38. The molecule has 10 heteroatoms. The molecule has 0 radical (unpaired) electrons. The van der Waals surface area contributed by atoms with Crippen molar-refractivity contribution >= 4 is 29.4 Å². The van der Waals surface area contributed by atoms with Crippen LogP contribution in [0.3, 0.4) is 0 Å². The first-order chi connectivity index (χ1) is 20.3. The first-order valence-electron chi connectivity index (χ1n) is 14.8. The molecule has 220 valence electrons. The maximum atomic E-state index is 14.9. The number of ketones is 1. The highest BCUT2D eigenvalue weighted by Crippen LogP contribution is 2.51. The van der Waals surface area contributed by atoms with Gasteiger partial charge in [0, 0.05) is 25.9 Å². The monoisotopic (exact) mass is 572 g/mol. The van der Waals surface area contributed by atoms with Crippen molar-refractivity contribution in [3.63, 3.8) is 0 Å². The zero-order valence-electron chi connectivity index (χ0n) is 23.6. The summed E-state index contributed by atoms with van der Waals surface area (Å²) < 4.78 is 0. The molecule has 42 heavy (non-hydrogen) atoms. The maximum absolute atomic E-state index is 14.9. The highest BCUT2D eigenvalue weighted by molar-refractivity contribution is 6.04. The molecule has 2 aromatic carbocycles. The maximum Gasteiger partial charge on any atom is 0.258 e. The van der Waals surface area contributed by atoms with E-state index in [0.29, 0.717) is 30.6 Å². The lowest BCUT2D eigenvalue weighted by Crippen LogP contribution is -2.61. The topological polar surface area (TPSA) is 145 Å². The van der Waals surface area contributed by atoms with Crippen LogP contribution in [0.5, 0.6) is 0 Å². The van der Waals surface area contributed by atoms with E-state index in [1.54, 1.807) is 4.90 Å².